The molecule has 1 atom stereocenters. The molecule has 1 heterocycles. The van der Waals surface area contributed by atoms with Crippen LogP contribution >= 0.6 is 0 Å². The Morgan fingerprint density at radius 2 is 2.06 bits per heavy atom. The van der Waals surface area contributed by atoms with E-state index < -0.39 is 0 Å². The predicted octanol–water partition coefficient (Wildman–Crippen LogP) is 3.38. The highest BCUT2D eigenvalue weighted by Crippen LogP contribution is 2.19. The van der Waals surface area contributed by atoms with Crippen molar-refractivity contribution in [2.24, 2.45) is 5.92 Å². The summed E-state index contributed by atoms with van der Waals surface area (Å²) in [5, 5.41) is 3.62. The number of hydrogen-bond acceptors (Lipinski definition) is 2. The van der Waals surface area contributed by atoms with Crippen molar-refractivity contribution in [1.82, 2.24) is 14.9 Å². The molecule has 0 radical (unpaired) electrons. The fourth-order valence-corrected chi connectivity index (χ4v) is 2.04. The zero-order valence-electron chi connectivity index (χ0n) is 11.7. The number of rotatable bonds is 8. The maximum Gasteiger partial charge on any atom is 0.125 e. The summed E-state index contributed by atoms with van der Waals surface area (Å²) in [5.74, 6) is 1.95. The second-order valence-corrected chi connectivity index (χ2v) is 5.05. The van der Waals surface area contributed by atoms with Crippen LogP contribution in [-0.4, -0.2) is 16.1 Å². The number of aromatic nitrogens is 2. The van der Waals surface area contributed by atoms with Gasteiger partial charge < -0.3 is 9.88 Å². The van der Waals surface area contributed by atoms with Crippen LogP contribution in [0.5, 0.6) is 0 Å². The Morgan fingerprint density at radius 3 is 2.65 bits per heavy atom. The number of hydrogen-bond donors (Lipinski definition) is 1. The van der Waals surface area contributed by atoms with Crippen molar-refractivity contribution < 1.29 is 0 Å². The van der Waals surface area contributed by atoms with Crippen LogP contribution < -0.4 is 5.32 Å². The van der Waals surface area contributed by atoms with Gasteiger partial charge in [-0.15, -0.1) is 0 Å². The highest BCUT2D eigenvalue weighted by Gasteiger charge is 2.15. The Kier molecular flexibility index (Phi) is 6.27. The van der Waals surface area contributed by atoms with Gasteiger partial charge in [0.05, 0.1) is 6.04 Å². The van der Waals surface area contributed by atoms with Crippen LogP contribution in [0.3, 0.4) is 0 Å². The summed E-state index contributed by atoms with van der Waals surface area (Å²) in [4.78, 5) is 4.52. The molecule has 0 saturated carbocycles. The standard InChI is InChI=1S/C14H27N3/c1-5-9-15-13(8-7-12(3)4)14-16-10-11-17(14)6-2/h10-13,15H,5-9H2,1-4H3. The van der Waals surface area contributed by atoms with Gasteiger partial charge in [-0.3, -0.25) is 0 Å². The van der Waals surface area contributed by atoms with Crippen LogP contribution in [0, 0.1) is 5.92 Å². The number of nitrogens with zero attached hydrogens (tertiary/aromatic N) is 2. The molecule has 1 aromatic heterocycles. The van der Waals surface area contributed by atoms with Gasteiger partial charge >= 0.3 is 0 Å². The van der Waals surface area contributed by atoms with Gasteiger partial charge in [-0.2, -0.15) is 0 Å². The molecule has 17 heavy (non-hydrogen) atoms. The second-order valence-electron chi connectivity index (χ2n) is 5.05. The monoisotopic (exact) mass is 237 g/mol. The van der Waals surface area contributed by atoms with Crippen LogP contribution in [0.25, 0.3) is 0 Å². The topological polar surface area (TPSA) is 29.9 Å². The third-order valence-corrected chi connectivity index (χ3v) is 3.07. The van der Waals surface area contributed by atoms with Gasteiger partial charge in [-0.05, 0) is 38.6 Å². The number of imidazole rings is 1. The Labute approximate surface area is 106 Å². The van der Waals surface area contributed by atoms with Crippen molar-refractivity contribution in [3.05, 3.63) is 18.2 Å². The molecular formula is C14H27N3. The molecule has 0 bridgehead atoms. The summed E-state index contributed by atoms with van der Waals surface area (Å²) >= 11 is 0. The minimum absolute atomic E-state index is 0.410. The third-order valence-electron chi connectivity index (χ3n) is 3.07. The molecule has 0 aliphatic heterocycles. The van der Waals surface area contributed by atoms with Crippen molar-refractivity contribution in [1.29, 1.82) is 0 Å². The Morgan fingerprint density at radius 1 is 1.29 bits per heavy atom. The van der Waals surface area contributed by atoms with Gasteiger partial charge in [0, 0.05) is 18.9 Å². The lowest BCUT2D eigenvalue weighted by molar-refractivity contribution is 0.414. The van der Waals surface area contributed by atoms with Gasteiger partial charge in [0.25, 0.3) is 0 Å². The molecule has 3 nitrogen and oxygen atoms in total. The third kappa shape index (κ3) is 4.50. The van der Waals surface area contributed by atoms with Crippen molar-refractivity contribution in [2.45, 2.75) is 59.5 Å². The van der Waals surface area contributed by atoms with E-state index in [-0.39, 0.29) is 0 Å². The molecule has 1 N–H and O–H groups in total. The zero-order chi connectivity index (χ0) is 12.7. The van der Waals surface area contributed by atoms with Crippen LogP contribution in [0.2, 0.25) is 0 Å². The van der Waals surface area contributed by atoms with Crippen LogP contribution in [0.4, 0.5) is 0 Å². The predicted molar refractivity (Wildman–Crippen MR) is 73.0 cm³/mol. The SMILES string of the molecule is CCCNC(CCC(C)C)c1nccn1CC. The largest absolute Gasteiger partial charge is 0.334 e. The van der Waals surface area contributed by atoms with E-state index in [4.69, 9.17) is 0 Å². The summed E-state index contributed by atoms with van der Waals surface area (Å²) in [7, 11) is 0. The van der Waals surface area contributed by atoms with Crippen LogP contribution in [0.1, 0.15) is 58.8 Å². The quantitative estimate of drug-likeness (QED) is 0.751. The van der Waals surface area contributed by atoms with E-state index in [1.54, 1.807) is 0 Å². The molecule has 0 amide bonds. The minimum Gasteiger partial charge on any atom is -0.334 e. The van der Waals surface area contributed by atoms with Gasteiger partial charge in [0.2, 0.25) is 0 Å². The molecule has 1 unspecified atom stereocenters. The lowest BCUT2D eigenvalue weighted by Gasteiger charge is -2.20. The molecule has 98 valence electrons. The van der Waals surface area contributed by atoms with E-state index in [9.17, 15) is 0 Å². The first-order valence-electron chi connectivity index (χ1n) is 6.93. The normalized spacial score (nSPS) is 13.2. The molecule has 0 spiro atoms. The molecule has 0 saturated heterocycles. The highest BCUT2D eigenvalue weighted by atomic mass is 15.1. The maximum atomic E-state index is 4.52. The molecule has 1 rings (SSSR count). The first-order valence-corrected chi connectivity index (χ1v) is 6.93. The van der Waals surface area contributed by atoms with E-state index in [0.29, 0.717) is 6.04 Å². The van der Waals surface area contributed by atoms with E-state index in [1.165, 1.54) is 25.1 Å². The fourth-order valence-electron chi connectivity index (χ4n) is 2.04. The van der Waals surface area contributed by atoms with Crippen molar-refractivity contribution in [3.63, 3.8) is 0 Å². The van der Waals surface area contributed by atoms with Crippen molar-refractivity contribution in [3.8, 4) is 0 Å². The molecule has 0 fully saturated rings. The van der Waals surface area contributed by atoms with Crippen molar-refractivity contribution in [2.75, 3.05) is 6.54 Å². The molecule has 0 aliphatic rings. The van der Waals surface area contributed by atoms with Gasteiger partial charge in [0.15, 0.2) is 0 Å². The number of nitrogens with one attached hydrogen (secondary N) is 1. The summed E-state index contributed by atoms with van der Waals surface area (Å²) < 4.78 is 2.24. The molecule has 3 heteroatoms. The average molecular weight is 237 g/mol. The van der Waals surface area contributed by atoms with E-state index in [2.05, 4.69) is 48.8 Å². The molecule has 0 aromatic carbocycles. The average Bonchev–Trinajstić information content (AvgIpc) is 2.77. The highest BCUT2D eigenvalue weighted by molar-refractivity contribution is 4.99. The van der Waals surface area contributed by atoms with Gasteiger partial charge in [-0.1, -0.05) is 20.8 Å². The van der Waals surface area contributed by atoms with Crippen LogP contribution in [0.15, 0.2) is 12.4 Å². The summed E-state index contributed by atoms with van der Waals surface area (Å²) in [6.45, 7) is 11.0. The van der Waals surface area contributed by atoms with Gasteiger partial charge in [-0.25, -0.2) is 4.98 Å². The summed E-state index contributed by atoms with van der Waals surface area (Å²) in [5.41, 5.74) is 0. The smallest absolute Gasteiger partial charge is 0.125 e. The summed E-state index contributed by atoms with van der Waals surface area (Å²) in [6.07, 6.45) is 7.58. The molecular weight excluding hydrogens is 210 g/mol. The van der Waals surface area contributed by atoms with E-state index in [0.717, 1.165) is 19.0 Å². The van der Waals surface area contributed by atoms with E-state index >= 15 is 0 Å². The lowest BCUT2D eigenvalue weighted by atomic mass is 10.0. The molecule has 1 aromatic rings. The number of aryl methyl sites for hydroxylation is 1. The molecule has 0 aliphatic carbocycles. The second kappa shape index (κ2) is 7.49. The zero-order valence-corrected chi connectivity index (χ0v) is 11.7. The maximum absolute atomic E-state index is 4.52. The first kappa shape index (κ1) is 14.2. The van der Waals surface area contributed by atoms with E-state index in [1.807, 2.05) is 6.20 Å². The fraction of sp³-hybridized carbons (Fsp3) is 0.786. The Balaban J connectivity index is 2.67. The van der Waals surface area contributed by atoms with Crippen LogP contribution in [-0.2, 0) is 6.54 Å². The Bertz CT molecular complexity index is 304. The Hall–Kier alpha value is -0.830. The summed E-state index contributed by atoms with van der Waals surface area (Å²) in [6, 6.07) is 0.410. The minimum atomic E-state index is 0.410. The van der Waals surface area contributed by atoms with Gasteiger partial charge in [0.1, 0.15) is 5.82 Å². The van der Waals surface area contributed by atoms with Crippen molar-refractivity contribution >= 4 is 0 Å². The first-order chi connectivity index (χ1) is 8.19. The lowest BCUT2D eigenvalue weighted by Crippen LogP contribution is -2.25.